The topological polar surface area (TPSA) is 42.0 Å². The monoisotopic (exact) mass is 446 g/mol. The molecule has 5 aromatic rings. The third kappa shape index (κ3) is 4.76. The standard InChI is InChI=1S/C29H22N2OS/c1-20-12-17-26-27(18-20)33-29(31-26)23-13-15-24(16-14-23)30-28(32)19-25(21-8-4-2-5-9-21)22-10-6-3-7-11-22/h2-19H,1H3,(H,30,32). The van der Waals surface area contributed by atoms with Gasteiger partial charge in [0.05, 0.1) is 10.2 Å². The summed E-state index contributed by atoms with van der Waals surface area (Å²) < 4.78 is 1.18. The lowest BCUT2D eigenvalue weighted by molar-refractivity contribution is -0.111. The van der Waals surface area contributed by atoms with Crippen LogP contribution in [0.1, 0.15) is 16.7 Å². The Kier molecular flexibility index (Phi) is 5.83. The number of carbonyl (C=O) groups excluding carboxylic acids is 1. The molecule has 0 aliphatic heterocycles. The van der Waals surface area contributed by atoms with Gasteiger partial charge in [-0.2, -0.15) is 0 Å². The van der Waals surface area contributed by atoms with Gasteiger partial charge >= 0.3 is 0 Å². The fourth-order valence-electron chi connectivity index (χ4n) is 3.73. The molecule has 1 N–H and O–H groups in total. The van der Waals surface area contributed by atoms with Crippen LogP contribution in [0.2, 0.25) is 0 Å². The average Bonchev–Trinajstić information content (AvgIpc) is 3.27. The first kappa shape index (κ1) is 20.9. The van der Waals surface area contributed by atoms with Crippen LogP contribution in [0.5, 0.6) is 0 Å². The van der Waals surface area contributed by atoms with E-state index in [1.807, 2.05) is 84.9 Å². The second-order valence-electron chi connectivity index (χ2n) is 7.85. The van der Waals surface area contributed by atoms with Gasteiger partial charge in [-0.15, -0.1) is 11.3 Å². The third-order valence-electron chi connectivity index (χ3n) is 5.39. The molecule has 0 aliphatic rings. The minimum atomic E-state index is -0.166. The molecule has 4 aromatic carbocycles. The van der Waals surface area contributed by atoms with Crippen molar-refractivity contribution in [2.45, 2.75) is 6.92 Å². The van der Waals surface area contributed by atoms with Crippen molar-refractivity contribution < 1.29 is 4.79 Å². The summed E-state index contributed by atoms with van der Waals surface area (Å²) in [6.07, 6.45) is 1.66. The second kappa shape index (κ2) is 9.23. The first-order valence-corrected chi connectivity index (χ1v) is 11.6. The van der Waals surface area contributed by atoms with Crippen LogP contribution in [-0.4, -0.2) is 10.9 Å². The maximum atomic E-state index is 12.9. The van der Waals surface area contributed by atoms with E-state index < -0.39 is 0 Å². The number of nitrogens with zero attached hydrogens (tertiary/aromatic N) is 1. The highest BCUT2D eigenvalue weighted by Gasteiger charge is 2.09. The van der Waals surface area contributed by atoms with Gasteiger partial charge in [-0.05, 0) is 65.6 Å². The number of amides is 1. The van der Waals surface area contributed by atoms with Gasteiger partial charge in [0.2, 0.25) is 5.91 Å². The van der Waals surface area contributed by atoms with Gasteiger partial charge in [0.25, 0.3) is 0 Å². The lowest BCUT2D eigenvalue weighted by Gasteiger charge is -2.09. The fraction of sp³-hybridized carbons (Fsp3) is 0.0345. The Hall–Kier alpha value is -4.02. The van der Waals surface area contributed by atoms with E-state index in [1.165, 1.54) is 10.3 Å². The normalized spacial score (nSPS) is 10.7. The lowest BCUT2D eigenvalue weighted by atomic mass is 9.97. The SMILES string of the molecule is Cc1ccc2nc(-c3ccc(NC(=O)C=C(c4ccccc4)c4ccccc4)cc3)sc2c1. The number of thiazole rings is 1. The first-order valence-electron chi connectivity index (χ1n) is 10.8. The zero-order chi connectivity index (χ0) is 22.6. The van der Waals surface area contributed by atoms with E-state index in [-0.39, 0.29) is 5.91 Å². The highest BCUT2D eigenvalue weighted by Crippen LogP contribution is 2.31. The molecule has 4 heteroatoms. The molecular formula is C29H22N2OS. The predicted octanol–water partition coefficient (Wildman–Crippen LogP) is 7.34. The Morgan fingerprint density at radius 3 is 2.09 bits per heavy atom. The molecule has 1 amide bonds. The number of anilines is 1. The Balaban J connectivity index is 1.38. The van der Waals surface area contributed by atoms with Crippen molar-refractivity contribution in [3.8, 4) is 10.6 Å². The van der Waals surface area contributed by atoms with Crippen LogP contribution in [0.4, 0.5) is 5.69 Å². The van der Waals surface area contributed by atoms with Gasteiger partial charge in [-0.25, -0.2) is 4.98 Å². The largest absolute Gasteiger partial charge is 0.322 e. The van der Waals surface area contributed by atoms with Gasteiger partial charge in [0, 0.05) is 17.3 Å². The van der Waals surface area contributed by atoms with Crippen molar-refractivity contribution in [2.75, 3.05) is 5.32 Å². The quantitative estimate of drug-likeness (QED) is 0.287. The van der Waals surface area contributed by atoms with E-state index in [2.05, 4.69) is 30.4 Å². The van der Waals surface area contributed by atoms with Crippen LogP contribution < -0.4 is 5.32 Å². The van der Waals surface area contributed by atoms with Crippen LogP contribution >= 0.6 is 11.3 Å². The van der Waals surface area contributed by atoms with E-state index in [4.69, 9.17) is 4.98 Å². The maximum Gasteiger partial charge on any atom is 0.249 e. The molecule has 3 nitrogen and oxygen atoms in total. The minimum Gasteiger partial charge on any atom is -0.322 e. The van der Waals surface area contributed by atoms with Crippen molar-refractivity contribution >= 4 is 38.7 Å². The summed E-state index contributed by atoms with van der Waals surface area (Å²) in [4.78, 5) is 17.6. The van der Waals surface area contributed by atoms with Crippen LogP contribution in [-0.2, 0) is 4.79 Å². The first-order chi connectivity index (χ1) is 16.2. The summed E-state index contributed by atoms with van der Waals surface area (Å²) in [6.45, 7) is 2.09. The molecule has 0 spiro atoms. The second-order valence-corrected chi connectivity index (χ2v) is 8.88. The van der Waals surface area contributed by atoms with Crippen molar-refractivity contribution in [1.82, 2.24) is 4.98 Å². The molecule has 0 unspecified atom stereocenters. The molecule has 0 aliphatic carbocycles. The van der Waals surface area contributed by atoms with Crippen LogP contribution in [0, 0.1) is 6.92 Å². The fourth-order valence-corrected chi connectivity index (χ4v) is 4.80. The van der Waals surface area contributed by atoms with E-state index in [0.717, 1.165) is 38.5 Å². The smallest absolute Gasteiger partial charge is 0.249 e. The van der Waals surface area contributed by atoms with Gasteiger partial charge in [0.1, 0.15) is 5.01 Å². The molecule has 0 atom stereocenters. The molecule has 5 rings (SSSR count). The summed E-state index contributed by atoms with van der Waals surface area (Å²) in [5, 5.41) is 3.97. The minimum absolute atomic E-state index is 0.166. The van der Waals surface area contributed by atoms with Crippen LogP contribution in [0.15, 0.2) is 109 Å². The Morgan fingerprint density at radius 2 is 1.45 bits per heavy atom. The van der Waals surface area contributed by atoms with E-state index in [9.17, 15) is 4.79 Å². The van der Waals surface area contributed by atoms with Gasteiger partial charge < -0.3 is 5.32 Å². The van der Waals surface area contributed by atoms with Crippen molar-refractivity contribution in [3.63, 3.8) is 0 Å². The Bertz CT molecular complexity index is 1390. The van der Waals surface area contributed by atoms with Crippen molar-refractivity contribution in [1.29, 1.82) is 0 Å². The van der Waals surface area contributed by atoms with Crippen molar-refractivity contribution in [2.24, 2.45) is 0 Å². The maximum absolute atomic E-state index is 12.9. The van der Waals surface area contributed by atoms with Crippen LogP contribution in [0.25, 0.3) is 26.4 Å². The summed E-state index contributed by atoms with van der Waals surface area (Å²) >= 11 is 1.68. The Morgan fingerprint density at radius 1 is 0.818 bits per heavy atom. The molecular weight excluding hydrogens is 424 g/mol. The van der Waals surface area contributed by atoms with Gasteiger partial charge in [-0.1, -0.05) is 66.7 Å². The molecule has 1 heterocycles. The molecule has 0 saturated heterocycles. The Labute approximate surface area is 197 Å². The molecule has 0 saturated carbocycles. The van der Waals surface area contributed by atoms with E-state index in [1.54, 1.807) is 17.4 Å². The lowest BCUT2D eigenvalue weighted by Crippen LogP contribution is -2.09. The zero-order valence-corrected chi connectivity index (χ0v) is 19.0. The number of hydrogen-bond acceptors (Lipinski definition) is 3. The highest BCUT2D eigenvalue weighted by molar-refractivity contribution is 7.21. The molecule has 160 valence electrons. The number of fused-ring (bicyclic) bond motifs is 1. The number of aromatic nitrogens is 1. The van der Waals surface area contributed by atoms with Gasteiger partial charge in [0.15, 0.2) is 0 Å². The van der Waals surface area contributed by atoms with Crippen LogP contribution in [0.3, 0.4) is 0 Å². The number of hydrogen-bond donors (Lipinski definition) is 1. The molecule has 33 heavy (non-hydrogen) atoms. The summed E-state index contributed by atoms with van der Waals surface area (Å²) in [5.41, 5.74) is 6.91. The van der Waals surface area contributed by atoms with Crippen molar-refractivity contribution in [3.05, 3.63) is 126 Å². The van der Waals surface area contributed by atoms with Gasteiger partial charge in [-0.3, -0.25) is 4.79 Å². The summed E-state index contributed by atoms with van der Waals surface area (Å²) in [5.74, 6) is -0.166. The number of carbonyl (C=O) groups is 1. The number of rotatable bonds is 5. The van der Waals surface area contributed by atoms with E-state index >= 15 is 0 Å². The summed E-state index contributed by atoms with van der Waals surface area (Å²) in [7, 11) is 0. The highest BCUT2D eigenvalue weighted by atomic mass is 32.1. The summed E-state index contributed by atoms with van der Waals surface area (Å²) in [6, 6.07) is 34.1. The zero-order valence-electron chi connectivity index (χ0n) is 18.2. The van der Waals surface area contributed by atoms with E-state index in [0.29, 0.717) is 0 Å². The number of aryl methyl sites for hydroxylation is 1. The number of nitrogens with one attached hydrogen (secondary N) is 1. The number of benzene rings is 4. The molecule has 0 bridgehead atoms. The molecule has 0 radical (unpaired) electrons. The third-order valence-corrected chi connectivity index (χ3v) is 6.46. The predicted molar refractivity (Wildman–Crippen MR) is 138 cm³/mol. The molecule has 1 aromatic heterocycles. The molecule has 0 fully saturated rings. The average molecular weight is 447 g/mol.